The van der Waals surface area contributed by atoms with Crippen molar-refractivity contribution in [1.29, 1.82) is 0 Å². The first-order chi connectivity index (χ1) is 13.4. The number of hydrogen-bond donors (Lipinski definition) is 2. The van der Waals surface area contributed by atoms with E-state index in [0.29, 0.717) is 19.4 Å². The molecule has 0 aromatic carbocycles. The summed E-state index contributed by atoms with van der Waals surface area (Å²) in [7, 11) is -4.66. The molecule has 170 valence electrons. The first-order valence-electron chi connectivity index (χ1n) is 10.3. The Balaban J connectivity index is 2.00. The quantitative estimate of drug-likeness (QED) is 0.523. The van der Waals surface area contributed by atoms with Crippen molar-refractivity contribution in [3.63, 3.8) is 0 Å². The van der Waals surface area contributed by atoms with Crippen molar-refractivity contribution in [3.05, 3.63) is 0 Å². The normalized spacial score (nSPS) is 37.2. The van der Waals surface area contributed by atoms with Gasteiger partial charge in [0.1, 0.15) is 0 Å². The number of nitrogens with two attached hydrogens (primary N) is 1. The van der Waals surface area contributed by atoms with Gasteiger partial charge in [0.15, 0.2) is 6.10 Å². The molecule has 2 fully saturated rings. The molecule has 10 heteroatoms. The van der Waals surface area contributed by atoms with Crippen molar-refractivity contribution in [2.45, 2.75) is 97.0 Å². The molecular formula is C19H36NO8P. The summed E-state index contributed by atoms with van der Waals surface area (Å²) in [6.07, 6.45) is -1.62. The fraction of sp³-hybridized carbons (Fsp3) is 0.947. The Morgan fingerprint density at radius 3 is 2.41 bits per heavy atom. The molecule has 0 radical (unpaired) electrons. The van der Waals surface area contributed by atoms with Crippen LogP contribution in [0.1, 0.15) is 54.4 Å². The highest BCUT2D eigenvalue weighted by atomic mass is 31.2. The van der Waals surface area contributed by atoms with Crippen LogP contribution in [-0.4, -0.2) is 60.1 Å². The molecule has 8 unspecified atom stereocenters. The molecule has 0 bridgehead atoms. The van der Waals surface area contributed by atoms with Gasteiger partial charge in [-0.05, 0) is 47.0 Å². The topological polar surface area (TPSA) is 127 Å². The lowest BCUT2D eigenvalue weighted by Gasteiger charge is -2.26. The lowest BCUT2D eigenvalue weighted by molar-refractivity contribution is -0.155. The summed E-state index contributed by atoms with van der Waals surface area (Å²) in [4.78, 5) is 22.7. The summed E-state index contributed by atoms with van der Waals surface area (Å²) >= 11 is 0. The number of carbonyl (C=O) groups excluding carboxylic acids is 1. The second-order valence-electron chi connectivity index (χ2n) is 8.69. The molecule has 2 aliphatic rings. The van der Waals surface area contributed by atoms with Crippen LogP contribution in [-0.2, 0) is 32.6 Å². The van der Waals surface area contributed by atoms with Gasteiger partial charge in [-0.15, -0.1) is 0 Å². The van der Waals surface area contributed by atoms with Crippen molar-refractivity contribution in [1.82, 2.24) is 0 Å². The highest BCUT2D eigenvalue weighted by molar-refractivity contribution is 7.48. The maximum absolute atomic E-state index is 12.6. The average Bonchev–Trinajstić information content (AvgIpc) is 3.04. The monoisotopic (exact) mass is 437 g/mol. The van der Waals surface area contributed by atoms with Crippen LogP contribution in [0.2, 0.25) is 0 Å². The van der Waals surface area contributed by atoms with E-state index in [0.717, 1.165) is 0 Å². The van der Waals surface area contributed by atoms with Crippen LogP contribution in [0.15, 0.2) is 0 Å². The molecule has 1 saturated carbocycles. The van der Waals surface area contributed by atoms with Gasteiger partial charge in [0.2, 0.25) is 0 Å². The Bertz CT molecular complexity index is 601. The third kappa shape index (κ3) is 6.99. The van der Waals surface area contributed by atoms with Crippen molar-refractivity contribution >= 4 is 13.8 Å². The van der Waals surface area contributed by atoms with E-state index in [1.807, 2.05) is 34.6 Å². The van der Waals surface area contributed by atoms with E-state index in [9.17, 15) is 14.3 Å². The number of hydrogen-bond acceptors (Lipinski definition) is 8. The van der Waals surface area contributed by atoms with Gasteiger partial charge in [0.25, 0.3) is 0 Å². The maximum atomic E-state index is 12.6. The number of rotatable bonds is 9. The fourth-order valence-electron chi connectivity index (χ4n) is 3.90. The molecule has 3 N–H and O–H groups in total. The zero-order valence-electron chi connectivity index (χ0n) is 18.1. The zero-order chi connectivity index (χ0) is 21.9. The highest BCUT2D eigenvalue weighted by Gasteiger charge is 2.47. The molecule has 0 aromatic heterocycles. The van der Waals surface area contributed by atoms with Crippen LogP contribution in [0.3, 0.4) is 0 Å². The maximum Gasteiger partial charge on any atom is 0.529 e. The number of carbonyl (C=O) groups is 1. The molecule has 1 saturated heterocycles. The molecule has 8 atom stereocenters. The minimum atomic E-state index is -4.66. The van der Waals surface area contributed by atoms with Crippen LogP contribution in [0.5, 0.6) is 0 Å². The lowest BCUT2D eigenvalue weighted by atomic mass is 10.0. The van der Waals surface area contributed by atoms with E-state index in [1.54, 1.807) is 6.92 Å². The molecule has 29 heavy (non-hydrogen) atoms. The van der Waals surface area contributed by atoms with E-state index in [2.05, 4.69) is 0 Å². The second kappa shape index (κ2) is 10.2. The van der Waals surface area contributed by atoms with Gasteiger partial charge in [-0.25, -0.2) is 9.36 Å². The van der Waals surface area contributed by atoms with Gasteiger partial charge < -0.3 is 24.5 Å². The third-order valence-electron chi connectivity index (χ3n) is 5.29. The van der Waals surface area contributed by atoms with Crippen LogP contribution in [0, 0.1) is 11.8 Å². The van der Waals surface area contributed by atoms with E-state index in [1.165, 1.54) is 0 Å². The van der Waals surface area contributed by atoms with E-state index in [4.69, 9.17) is 29.0 Å². The summed E-state index contributed by atoms with van der Waals surface area (Å²) in [6.45, 7) is 11.5. The van der Waals surface area contributed by atoms with Gasteiger partial charge in [0, 0.05) is 18.4 Å². The lowest BCUT2D eigenvalue weighted by Crippen LogP contribution is -2.38. The van der Waals surface area contributed by atoms with Gasteiger partial charge in [-0.1, -0.05) is 6.92 Å². The summed E-state index contributed by atoms with van der Waals surface area (Å²) in [5, 5.41) is 0. The Kier molecular flexibility index (Phi) is 8.68. The minimum Gasteiger partial charge on any atom is -0.378 e. The Hall–Kier alpha value is -0.540. The smallest absolute Gasteiger partial charge is 0.378 e. The van der Waals surface area contributed by atoms with E-state index >= 15 is 0 Å². The molecule has 9 nitrogen and oxygen atoms in total. The van der Waals surface area contributed by atoms with Crippen LogP contribution in [0.25, 0.3) is 0 Å². The molecule has 0 amide bonds. The molecule has 0 aromatic rings. The van der Waals surface area contributed by atoms with Gasteiger partial charge in [-0.3, -0.25) is 9.42 Å². The Labute approximate surface area is 173 Å². The largest absolute Gasteiger partial charge is 0.529 e. The summed E-state index contributed by atoms with van der Waals surface area (Å²) in [5.74, 6) is -1.15. The van der Waals surface area contributed by atoms with Gasteiger partial charge >= 0.3 is 13.8 Å². The number of phosphoric ester groups is 1. The van der Waals surface area contributed by atoms with Crippen molar-refractivity contribution in [3.8, 4) is 0 Å². The van der Waals surface area contributed by atoms with E-state index < -0.39 is 32.1 Å². The predicted octanol–water partition coefficient (Wildman–Crippen LogP) is 2.39. The SMILES string of the molecule is CC(C)OCC1C(OP(=O)(O)OC(=O)C2OC(C)CC2OC(C)C)CC(C)C1N. The summed E-state index contributed by atoms with van der Waals surface area (Å²) < 4.78 is 39.7. The van der Waals surface area contributed by atoms with Crippen LogP contribution in [0.4, 0.5) is 0 Å². The molecule has 1 aliphatic heterocycles. The molecular weight excluding hydrogens is 401 g/mol. The van der Waals surface area contributed by atoms with Gasteiger partial charge in [-0.2, -0.15) is 0 Å². The van der Waals surface area contributed by atoms with Crippen LogP contribution < -0.4 is 5.73 Å². The second-order valence-corrected chi connectivity index (χ2v) is 10.0. The zero-order valence-corrected chi connectivity index (χ0v) is 19.0. The predicted molar refractivity (Wildman–Crippen MR) is 106 cm³/mol. The number of ether oxygens (including phenoxy) is 3. The molecule has 2 rings (SSSR count). The molecule has 1 aliphatic carbocycles. The molecule has 1 heterocycles. The third-order valence-corrected chi connectivity index (χ3v) is 6.24. The summed E-state index contributed by atoms with van der Waals surface area (Å²) in [6, 6.07) is -0.239. The first-order valence-corrected chi connectivity index (χ1v) is 11.8. The minimum absolute atomic E-state index is 0.00286. The Morgan fingerprint density at radius 2 is 1.83 bits per heavy atom. The summed E-state index contributed by atoms with van der Waals surface area (Å²) in [5.41, 5.74) is 6.22. The average molecular weight is 437 g/mol. The number of phosphoric acid groups is 1. The van der Waals surface area contributed by atoms with Gasteiger partial charge in [0.05, 0.1) is 37.1 Å². The fourth-order valence-corrected chi connectivity index (χ4v) is 4.86. The van der Waals surface area contributed by atoms with Crippen LogP contribution >= 0.6 is 7.82 Å². The van der Waals surface area contributed by atoms with Crippen molar-refractivity contribution in [2.24, 2.45) is 17.6 Å². The van der Waals surface area contributed by atoms with Crippen molar-refractivity contribution < 1.29 is 37.5 Å². The van der Waals surface area contributed by atoms with Crippen molar-refractivity contribution in [2.75, 3.05) is 6.61 Å². The highest BCUT2D eigenvalue weighted by Crippen LogP contribution is 2.50. The Morgan fingerprint density at radius 1 is 1.17 bits per heavy atom. The molecule has 0 spiro atoms. The first kappa shape index (κ1) is 24.7. The standard InChI is InChI=1S/C19H36NO8P/c1-10(2)24-9-14-15(7-12(5)17(14)20)27-29(22,23)28-19(21)18-16(25-11(3)4)8-13(6)26-18/h10-18H,7-9,20H2,1-6H3,(H,22,23). The van der Waals surface area contributed by atoms with E-state index in [-0.39, 0.29) is 36.2 Å².